The third-order valence-electron chi connectivity index (χ3n) is 4.36. The Hall–Kier alpha value is -1.66. The number of nitrogens with zero attached hydrogens (tertiary/aromatic N) is 3. The number of likely N-dealkylation sites (tertiary alicyclic amines) is 1. The molecule has 1 aromatic rings. The fourth-order valence-electron chi connectivity index (χ4n) is 3.06. The fraction of sp³-hybridized carbons (Fsp3) is 0.625. The summed E-state index contributed by atoms with van der Waals surface area (Å²) in [6.45, 7) is 8.36. The van der Waals surface area contributed by atoms with Crippen molar-refractivity contribution in [3.63, 3.8) is 0 Å². The topological polar surface area (TPSA) is 57.7 Å². The lowest BCUT2D eigenvalue weighted by Gasteiger charge is -2.29. The lowest BCUT2D eigenvalue weighted by atomic mass is 10.1. The van der Waals surface area contributed by atoms with E-state index >= 15 is 0 Å². The van der Waals surface area contributed by atoms with Crippen LogP contribution in [0.2, 0.25) is 0 Å². The van der Waals surface area contributed by atoms with Gasteiger partial charge in [-0.2, -0.15) is 0 Å². The SMILES string of the molecule is Cc1ccc(NC(=O)N2CC[C@@H](CN3CCOCC3)C2)cn1. The van der Waals surface area contributed by atoms with Crippen LogP contribution in [0.1, 0.15) is 12.1 Å². The summed E-state index contributed by atoms with van der Waals surface area (Å²) in [5.74, 6) is 0.569. The Kier molecular flexibility index (Phi) is 4.90. The van der Waals surface area contributed by atoms with Crippen molar-refractivity contribution in [3.05, 3.63) is 24.0 Å². The van der Waals surface area contributed by atoms with Gasteiger partial charge in [-0.3, -0.25) is 9.88 Å². The molecule has 1 N–H and O–H groups in total. The fourth-order valence-corrected chi connectivity index (χ4v) is 3.06. The highest BCUT2D eigenvalue weighted by molar-refractivity contribution is 5.89. The number of ether oxygens (including phenoxy) is 1. The molecule has 3 rings (SSSR count). The lowest BCUT2D eigenvalue weighted by Crippen LogP contribution is -2.40. The Morgan fingerprint density at radius 3 is 2.91 bits per heavy atom. The molecule has 22 heavy (non-hydrogen) atoms. The minimum atomic E-state index is -0.0184. The molecule has 0 aromatic carbocycles. The van der Waals surface area contributed by atoms with Crippen LogP contribution in [0.25, 0.3) is 0 Å². The summed E-state index contributed by atoms with van der Waals surface area (Å²) in [6.07, 6.45) is 2.78. The van der Waals surface area contributed by atoms with Crippen LogP contribution >= 0.6 is 0 Å². The number of amides is 2. The zero-order chi connectivity index (χ0) is 15.4. The standard InChI is InChI=1S/C16H24N4O2/c1-13-2-3-15(10-17-13)18-16(21)20-5-4-14(12-20)11-19-6-8-22-9-7-19/h2-3,10,14H,4-9,11-12H2,1H3,(H,18,21)/t14-/m0/s1. The van der Waals surface area contributed by atoms with Gasteiger partial charge in [-0.15, -0.1) is 0 Å². The van der Waals surface area contributed by atoms with E-state index in [-0.39, 0.29) is 6.03 Å². The third-order valence-corrected chi connectivity index (χ3v) is 4.36. The van der Waals surface area contributed by atoms with Crippen molar-refractivity contribution >= 4 is 11.7 Å². The molecule has 0 bridgehead atoms. The van der Waals surface area contributed by atoms with Crippen LogP contribution in [0.15, 0.2) is 18.3 Å². The maximum Gasteiger partial charge on any atom is 0.321 e. The zero-order valence-corrected chi connectivity index (χ0v) is 13.1. The van der Waals surface area contributed by atoms with Crippen LogP contribution in [0.4, 0.5) is 10.5 Å². The van der Waals surface area contributed by atoms with E-state index in [0.29, 0.717) is 5.92 Å². The Morgan fingerprint density at radius 2 is 2.18 bits per heavy atom. The highest BCUT2D eigenvalue weighted by Gasteiger charge is 2.28. The molecule has 0 radical (unpaired) electrons. The summed E-state index contributed by atoms with van der Waals surface area (Å²) in [7, 11) is 0. The Morgan fingerprint density at radius 1 is 1.36 bits per heavy atom. The molecular weight excluding hydrogens is 280 g/mol. The van der Waals surface area contributed by atoms with Gasteiger partial charge in [0.1, 0.15) is 0 Å². The van der Waals surface area contributed by atoms with E-state index in [4.69, 9.17) is 4.74 Å². The minimum Gasteiger partial charge on any atom is -0.379 e. The Labute approximate surface area is 131 Å². The molecule has 0 aliphatic carbocycles. The van der Waals surface area contributed by atoms with Crippen molar-refractivity contribution in [2.75, 3.05) is 51.3 Å². The molecule has 3 heterocycles. The number of aromatic nitrogens is 1. The molecule has 0 unspecified atom stereocenters. The summed E-state index contributed by atoms with van der Waals surface area (Å²) in [5, 5.41) is 2.93. The van der Waals surface area contributed by atoms with Gasteiger partial charge in [0, 0.05) is 38.4 Å². The molecular formula is C16H24N4O2. The average Bonchev–Trinajstić information content (AvgIpc) is 2.99. The monoisotopic (exact) mass is 304 g/mol. The first-order valence-corrected chi connectivity index (χ1v) is 7.99. The molecule has 1 aromatic heterocycles. The molecule has 0 saturated carbocycles. The minimum absolute atomic E-state index is 0.0184. The zero-order valence-electron chi connectivity index (χ0n) is 13.1. The average molecular weight is 304 g/mol. The van der Waals surface area contributed by atoms with Crippen LogP contribution in [-0.2, 0) is 4.74 Å². The number of hydrogen-bond acceptors (Lipinski definition) is 4. The molecule has 2 amide bonds. The maximum atomic E-state index is 12.3. The third kappa shape index (κ3) is 3.96. The number of carbonyl (C=O) groups excluding carboxylic acids is 1. The van der Waals surface area contributed by atoms with Crippen molar-refractivity contribution in [2.45, 2.75) is 13.3 Å². The van der Waals surface area contributed by atoms with Gasteiger partial charge in [0.05, 0.1) is 25.1 Å². The number of hydrogen-bond donors (Lipinski definition) is 1. The number of rotatable bonds is 3. The molecule has 2 aliphatic heterocycles. The van der Waals surface area contributed by atoms with Gasteiger partial charge in [-0.05, 0) is 31.4 Å². The van der Waals surface area contributed by atoms with Crippen LogP contribution in [0.5, 0.6) is 0 Å². The number of pyridine rings is 1. The first-order chi connectivity index (χ1) is 10.7. The molecule has 2 aliphatic rings. The van der Waals surface area contributed by atoms with Gasteiger partial charge in [0.25, 0.3) is 0 Å². The van der Waals surface area contributed by atoms with Gasteiger partial charge >= 0.3 is 6.03 Å². The summed E-state index contributed by atoms with van der Waals surface area (Å²) in [5.41, 5.74) is 1.71. The largest absolute Gasteiger partial charge is 0.379 e. The quantitative estimate of drug-likeness (QED) is 0.921. The van der Waals surface area contributed by atoms with Crippen LogP contribution in [0.3, 0.4) is 0 Å². The Bertz CT molecular complexity index is 499. The van der Waals surface area contributed by atoms with Gasteiger partial charge in [0.2, 0.25) is 0 Å². The number of morpholine rings is 1. The number of aryl methyl sites for hydroxylation is 1. The highest BCUT2D eigenvalue weighted by Crippen LogP contribution is 2.19. The summed E-state index contributed by atoms with van der Waals surface area (Å²) in [4.78, 5) is 20.8. The molecule has 6 nitrogen and oxygen atoms in total. The maximum absolute atomic E-state index is 12.3. The van der Waals surface area contributed by atoms with E-state index in [0.717, 1.165) is 63.7 Å². The lowest BCUT2D eigenvalue weighted by molar-refractivity contribution is 0.0314. The predicted molar refractivity (Wildman–Crippen MR) is 84.9 cm³/mol. The van der Waals surface area contributed by atoms with Crippen molar-refractivity contribution in [1.29, 1.82) is 0 Å². The summed E-state index contributed by atoms with van der Waals surface area (Å²) >= 11 is 0. The van der Waals surface area contributed by atoms with E-state index < -0.39 is 0 Å². The molecule has 2 fully saturated rings. The molecule has 120 valence electrons. The van der Waals surface area contributed by atoms with E-state index in [1.807, 2.05) is 24.0 Å². The second-order valence-corrected chi connectivity index (χ2v) is 6.13. The van der Waals surface area contributed by atoms with Gasteiger partial charge in [-0.1, -0.05) is 0 Å². The van der Waals surface area contributed by atoms with E-state index in [2.05, 4.69) is 15.2 Å². The highest BCUT2D eigenvalue weighted by atomic mass is 16.5. The predicted octanol–water partition coefficient (Wildman–Crippen LogP) is 1.58. The normalized spacial score (nSPS) is 22.8. The van der Waals surface area contributed by atoms with Gasteiger partial charge in [-0.25, -0.2) is 4.79 Å². The van der Waals surface area contributed by atoms with E-state index in [1.54, 1.807) is 6.20 Å². The van der Waals surface area contributed by atoms with Crippen LogP contribution in [0, 0.1) is 12.8 Å². The van der Waals surface area contributed by atoms with Crippen molar-refractivity contribution < 1.29 is 9.53 Å². The number of carbonyl (C=O) groups is 1. The molecule has 6 heteroatoms. The van der Waals surface area contributed by atoms with Crippen LogP contribution in [-0.4, -0.2) is 66.8 Å². The second kappa shape index (κ2) is 7.07. The molecule has 0 spiro atoms. The number of nitrogens with one attached hydrogen (secondary N) is 1. The Balaban J connectivity index is 1.47. The molecule has 1 atom stereocenters. The van der Waals surface area contributed by atoms with Crippen molar-refractivity contribution in [2.24, 2.45) is 5.92 Å². The van der Waals surface area contributed by atoms with E-state index in [1.165, 1.54) is 0 Å². The number of urea groups is 1. The van der Waals surface area contributed by atoms with Crippen LogP contribution < -0.4 is 5.32 Å². The first kappa shape index (κ1) is 15.2. The summed E-state index contributed by atoms with van der Waals surface area (Å²) < 4.78 is 5.38. The molecule has 2 saturated heterocycles. The van der Waals surface area contributed by atoms with Gasteiger partial charge in [0.15, 0.2) is 0 Å². The van der Waals surface area contributed by atoms with E-state index in [9.17, 15) is 4.79 Å². The smallest absolute Gasteiger partial charge is 0.321 e. The first-order valence-electron chi connectivity index (χ1n) is 7.99. The van der Waals surface area contributed by atoms with Crippen molar-refractivity contribution in [1.82, 2.24) is 14.8 Å². The van der Waals surface area contributed by atoms with Crippen molar-refractivity contribution in [3.8, 4) is 0 Å². The second-order valence-electron chi connectivity index (χ2n) is 6.13. The summed E-state index contributed by atoms with van der Waals surface area (Å²) in [6, 6.07) is 3.78. The number of anilines is 1. The van der Waals surface area contributed by atoms with Gasteiger partial charge < -0.3 is 15.0 Å².